The summed E-state index contributed by atoms with van der Waals surface area (Å²) in [6, 6.07) is 3.97. The van der Waals surface area contributed by atoms with Gasteiger partial charge in [0.2, 0.25) is 5.95 Å². The number of carbonyl (C=O) groups is 1. The topological polar surface area (TPSA) is 127 Å². The molecule has 0 atom stereocenters. The molecule has 3 heterocycles. The molecule has 0 aliphatic rings. The molecule has 0 spiro atoms. The molecular weight excluding hydrogens is 304 g/mol. The predicted molar refractivity (Wildman–Crippen MR) is 82.7 cm³/mol. The van der Waals surface area contributed by atoms with E-state index in [0.29, 0.717) is 6.54 Å². The minimum Gasteiger partial charge on any atom is -0.369 e. The molecule has 0 aliphatic heterocycles. The van der Waals surface area contributed by atoms with Crippen molar-refractivity contribution in [1.82, 2.24) is 25.3 Å². The maximum atomic E-state index is 12.0. The monoisotopic (exact) mass is 316 g/mol. The fourth-order valence-electron chi connectivity index (χ4n) is 1.89. The highest BCUT2D eigenvalue weighted by molar-refractivity contribution is 7.09. The van der Waals surface area contributed by atoms with Gasteiger partial charge in [0.1, 0.15) is 5.69 Å². The van der Waals surface area contributed by atoms with Gasteiger partial charge in [-0.3, -0.25) is 14.6 Å². The molecule has 3 rings (SSSR count). The van der Waals surface area contributed by atoms with Gasteiger partial charge >= 0.3 is 0 Å². The van der Waals surface area contributed by atoms with Gasteiger partial charge in [-0.1, -0.05) is 6.07 Å². The number of carbonyl (C=O) groups excluding carboxylic acids is 1. The number of hydrogen-bond acceptors (Lipinski definition) is 7. The van der Waals surface area contributed by atoms with E-state index in [1.54, 1.807) is 11.3 Å². The van der Waals surface area contributed by atoms with Crippen LogP contribution >= 0.6 is 11.3 Å². The molecule has 0 saturated carbocycles. The number of H-pyrrole nitrogens is 1. The fourth-order valence-corrected chi connectivity index (χ4v) is 2.60. The van der Waals surface area contributed by atoms with Crippen LogP contribution in [0.3, 0.4) is 0 Å². The highest BCUT2D eigenvalue weighted by Crippen LogP contribution is 2.08. The smallest absolute Gasteiger partial charge is 0.280 e. The number of amides is 1. The van der Waals surface area contributed by atoms with E-state index in [1.165, 1.54) is 11.1 Å². The lowest BCUT2D eigenvalue weighted by atomic mass is 10.3. The number of thiophene rings is 1. The van der Waals surface area contributed by atoms with Gasteiger partial charge in [0.25, 0.3) is 11.5 Å². The Bertz CT molecular complexity index is 874. The van der Waals surface area contributed by atoms with Crippen LogP contribution in [0.2, 0.25) is 0 Å². The Morgan fingerprint density at radius 1 is 1.41 bits per heavy atom. The first kappa shape index (κ1) is 14.1. The second kappa shape index (κ2) is 5.90. The highest BCUT2D eigenvalue weighted by atomic mass is 32.1. The number of nitrogens with two attached hydrogens (primary N) is 1. The average molecular weight is 316 g/mol. The third-order valence-electron chi connectivity index (χ3n) is 2.91. The zero-order chi connectivity index (χ0) is 15.5. The molecule has 0 bridgehead atoms. The number of fused-ring (bicyclic) bond motifs is 1. The number of aromatic nitrogens is 4. The average Bonchev–Trinajstić information content (AvgIpc) is 2.99. The van der Waals surface area contributed by atoms with E-state index in [4.69, 9.17) is 5.73 Å². The van der Waals surface area contributed by atoms with Crippen LogP contribution in [0, 0.1) is 0 Å². The van der Waals surface area contributed by atoms with E-state index in [-0.39, 0.29) is 28.7 Å². The van der Waals surface area contributed by atoms with Crippen molar-refractivity contribution in [2.24, 2.45) is 0 Å². The third-order valence-corrected chi connectivity index (χ3v) is 3.84. The van der Waals surface area contributed by atoms with Gasteiger partial charge in [-0.25, -0.2) is 9.97 Å². The Kier molecular flexibility index (Phi) is 3.79. The lowest BCUT2D eigenvalue weighted by Gasteiger charge is -2.04. The van der Waals surface area contributed by atoms with Crippen LogP contribution in [0.5, 0.6) is 0 Å². The predicted octanol–water partition coefficient (Wildman–Crippen LogP) is 0.329. The van der Waals surface area contributed by atoms with Gasteiger partial charge in [-0.2, -0.15) is 4.98 Å². The molecule has 3 aromatic heterocycles. The van der Waals surface area contributed by atoms with Crippen molar-refractivity contribution in [3.05, 3.63) is 44.6 Å². The summed E-state index contributed by atoms with van der Waals surface area (Å²) in [6.45, 7) is 0.490. The Balaban J connectivity index is 1.75. The molecule has 8 nitrogen and oxygen atoms in total. The Hall–Kier alpha value is -2.81. The molecule has 3 aromatic rings. The number of nitrogens with one attached hydrogen (secondary N) is 2. The summed E-state index contributed by atoms with van der Waals surface area (Å²) < 4.78 is 0. The van der Waals surface area contributed by atoms with Crippen LogP contribution in [0.4, 0.5) is 5.95 Å². The number of nitrogen functional groups attached to an aromatic ring is 1. The molecule has 9 heteroatoms. The van der Waals surface area contributed by atoms with E-state index in [0.717, 1.165) is 6.42 Å². The largest absolute Gasteiger partial charge is 0.369 e. The first-order valence-electron chi connectivity index (χ1n) is 6.46. The van der Waals surface area contributed by atoms with E-state index >= 15 is 0 Å². The molecule has 0 unspecified atom stereocenters. The van der Waals surface area contributed by atoms with E-state index in [9.17, 15) is 9.59 Å². The van der Waals surface area contributed by atoms with Crippen molar-refractivity contribution in [3.8, 4) is 0 Å². The lowest BCUT2D eigenvalue weighted by molar-refractivity contribution is 0.0949. The number of aromatic amines is 1. The van der Waals surface area contributed by atoms with Crippen molar-refractivity contribution in [2.75, 3.05) is 12.3 Å². The zero-order valence-electron chi connectivity index (χ0n) is 11.4. The van der Waals surface area contributed by atoms with Gasteiger partial charge in [-0.15, -0.1) is 11.3 Å². The van der Waals surface area contributed by atoms with Gasteiger partial charge in [0.05, 0.1) is 6.20 Å². The van der Waals surface area contributed by atoms with Crippen LogP contribution in [0.1, 0.15) is 15.4 Å². The number of anilines is 1. The molecule has 112 valence electrons. The second-order valence-electron chi connectivity index (χ2n) is 4.46. The highest BCUT2D eigenvalue weighted by Gasteiger charge is 2.11. The quantitative estimate of drug-likeness (QED) is 0.636. The standard InChI is InChI=1S/C13H12N6O2S/c14-13-18-10-9(12(21)19-13)16-6-8(17-10)11(20)15-4-3-7-2-1-5-22-7/h1-2,5-6H,3-4H2,(H,15,20)(H3,14,17,18,19,21). The zero-order valence-corrected chi connectivity index (χ0v) is 12.2. The summed E-state index contributed by atoms with van der Waals surface area (Å²) in [7, 11) is 0. The van der Waals surface area contributed by atoms with Crippen LogP contribution in [0.25, 0.3) is 11.2 Å². The molecular formula is C13H12N6O2S. The van der Waals surface area contributed by atoms with Gasteiger partial charge in [0.15, 0.2) is 11.2 Å². The van der Waals surface area contributed by atoms with Gasteiger partial charge < -0.3 is 11.1 Å². The second-order valence-corrected chi connectivity index (χ2v) is 5.50. The lowest BCUT2D eigenvalue weighted by Crippen LogP contribution is -2.27. The summed E-state index contributed by atoms with van der Waals surface area (Å²) >= 11 is 1.63. The summed E-state index contributed by atoms with van der Waals surface area (Å²) in [4.78, 5) is 39.0. The SMILES string of the molecule is Nc1nc2nc(C(=O)NCCc3cccs3)cnc2c(=O)[nH]1. The number of hydrogen-bond donors (Lipinski definition) is 3. The summed E-state index contributed by atoms with van der Waals surface area (Å²) in [5.41, 5.74) is 5.15. The molecule has 22 heavy (non-hydrogen) atoms. The molecule has 0 fully saturated rings. The van der Waals surface area contributed by atoms with Crippen LogP contribution in [-0.2, 0) is 6.42 Å². The van der Waals surface area contributed by atoms with Crippen molar-refractivity contribution in [2.45, 2.75) is 6.42 Å². The van der Waals surface area contributed by atoms with Crippen molar-refractivity contribution >= 4 is 34.4 Å². The van der Waals surface area contributed by atoms with Crippen LogP contribution in [-0.4, -0.2) is 32.4 Å². The summed E-state index contributed by atoms with van der Waals surface area (Å²) in [5, 5.41) is 4.74. The van der Waals surface area contributed by atoms with Crippen LogP contribution < -0.4 is 16.6 Å². The third kappa shape index (κ3) is 2.93. The Morgan fingerprint density at radius 2 is 2.27 bits per heavy atom. The van der Waals surface area contributed by atoms with Gasteiger partial charge in [-0.05, 0) is 17.9 Å². The van der Waals surface area contributed by atoms with E-state index < -0.39 is 5.56 Å². The van der Waals surface area contributed by atoms with Crippen molar-refractivity contribution in [1.29, 1.82) is 0 Å². The Morgan fingerprint density at radius 3 is 3.05 bits per heavy atom. The molecule has 0 aromatic carbocycles. The van der Waals surface area contributed by atoms with Crippen molar-refractivity contribution < 1.29 is 4.79 Å². The Labute approximate surface area is 128 Å². The first-order chi connectivity index (χ1) is 10.6. The minimum absolute atomic E-state index is 0.0457. The maximum absolute atomic E-state index is 12.0. The summed E-state index contributed by atoms with van der Waals surface area (Å²) in [6.07, 6.45) is 1.99. The minimum atomic E-state index is -0.486. The number of nitrogens with zero attached hydrogens (tertiary/aromatic N) is 3. The fraction of sp³-hybridized carbons (Fsp3) is 0.154. The summed E-state index contributed by atoms with van der Waals surface area (Å²) in [5.74, 6) is -0.436. The van der Waals surface area contributed by atoms with E-state index in [2.05, 4.69) is 25.3 Å². The number of rotatable bonds is 4. The first-order valence-corrected chi connectivity index (χ1v) is 7.34. The van der Waals surface area contributed by atoms with Crippen LogP contribution in [0.15, 0.2) is 28.5 Å². The molecule has 0 saturated heterocycles. The van der Waals surface area contributed by atoms with Gasteiger partial charge in [0, 0.05) is 11.4 Å². The normalized spacial score (nSPS) is 10.7. The molecule has 0 radical (unpaired) electrons. The van der Waals surface area contributed by atoms with E-state index in [1.807, 2.05) is 17.5 Å². The molecule has 4 N–H and O–H groups in total. The van der Waals surface area contributed by atoms with Crippen molar-refractivity contribution in [3.63, 3.8) is 0 Å². The molecule has 1 amide bonds. The maximum Gasteiger partial charge on any atom is 0.280 e. The molecule has 0 aliphatic carbocycles.